The Labute approximate surface area is 215 Å². The minimum absolute atomic E-state index is 0.0432. The second-order valence-corrected chi connectivity index (χ2v) is 10.7. The summed E-state index contributed by atoms with van der Waals surface area (Å²) in [6.07, 6.45) is 0.263. The van der Waals surface area contributed by atoms with Crippen molar-refractivity contribution < 1.29 is 22.4 Å². The van der Waals surface area contributed by atoms with E-state index in [4.69, 9.17) is 23.2 Å². The fourth-order valence-corrected chi connectivity index (χ4v) is 4.79. The molecule has 1 N–H and O–H groups in total. The summed E-state index contributed by atoms with van der Waals surface area (Å²) in [5.74, 6) is -1.89. The second-order valence-electron chi connectivity index (χ2n) is 7.84. The lowest BCUT2D eigenvalue weighted by Crippen LogP contribution is -2.53. The van der Waals surface area contributed by atoms with Crippen LogP contribution in [0.2, 0.25) is 10.0 Å². The summed E-state index contributed by atoms with van der Waals surface area (Å²) < 4.78 is 42.3. The van der Waals surface area contributed by atoms with Crippen LogP contribution in [0, 0.1) is 5.82 Å². The van der Waals surface area contributed by atoms with Crippen molar-refractivity contribution in [3.8, 4) is 0 Å². The number of rotatable bonds is 11. The molecule has 0 saturated carbocycles. The molecule has 0 saturated heterocycles. The molecule has 0 aliphatic heterocycles. The topological polar surface area (TPSA) is 90.0 Å². The summed E-state index contributed by atoms with van der Waals surface area (Å²) in [5, 5.41) is 3.30. The third-order valence-electron chi connectivity index (χ3n) is 5.21. The molecule has 0 aromatic heterocycles. The predicted molar refractivity (Wildman–Crippen MR) is 136 cm³/mol. The van der Waals surface area contributed by atoms with E-state index in [-0.39, 0.29) is 23.7 Å². The van der Waals surface area contributed by atoms with Crippen LogP contribution in [0.5, 0.6) is 0 Å². The van der Waals surface area contributed by atoms with Gasteiger partial charge in [-0.2, -0.15) is 12.7 Å². The van der Waals surface area contributed by atoms with Gasteiger partial charge in [0.1, 0.15) is 18.4 Å². The van der Waals surface area contributed by atoms with Gasteiger partial charge in [-0.3, -0.25) is 9.59 Å². The third-order valence-corrected chi connectivity index (χ3v) is 7.76. The van der Waals surface area contributed by atoms with Gasteiger partial charge in [0, 0.05) is 27.2 Å². The van der Waals surface area contributed by atoms with E-state index in [0.717, 1.165) is 10.4 Å². The van der Waals surface area contributed by atoms with Crippen LogP contribution in [0.25, 0.3) is 0 Å². The van der Waals surface area contributed by atoms with E-state index in [1.165, 1.54) is 37.2 Å². The van der Waals surface area contributed by atoms with Gasteiger partial charge in [-0.1, -0.05) is 48.3 Å². The zero-order valence-corrected chi connectivity index (χ0v) is 22.3. The predicted octanol–water partition coefficient (Wildman–Crippen LogP) is 3.69. The van der Waals surface area contributed by atoms with Crippen molar-refractivity contribution in [3.05, 3.63) is 63.9 Å². The first-order valence-electron chi connectivity index (χ1n) is 10.9. The SMILES string of the molecule is CCNC(=O)C(CC)N(Cc1ccc(Cl)c(Cl)c1)C(=O)CN(c1ccccc1F)S(=O)(=O)N(C)C. The summed E-state index contributed by atoms with van der Waals surface area (Å²) in [6.45, 7) is 3.07. The van der Waals surface area contributed by atoms with E-state index < -0.39 is 40.4 Å². The molecule has 0 aliphatic rings. The molecular formula is C23H29Cl2FN4O4S. The number of likely N-dealkylation sites (N-methyl/N-ethyl adjacent to an activating group) is 1. The average molecular weight is 547 g/mol. The Hall–Kier alpha value is -2.40. The van der Waals surface area contributed by atoms with Crippen molar-refractivity contribution in [1.29, 1.82) is 0 Å². The van der Waals surface area contributed by atoms with Gasteiger partial charge in [-0.15, -0.1) is 0 Å². The van der Waals surface area contributed by atoms with Gasteiger partial charge in [0.05, 0.1) is 15.7 Å². The first-order chi connectivity index (χ1) is 16.4. The van der Waals surface area contributed by atoms with E-state index in [2.05, 4.69) is 5.32 Å². The van der Waals surface area contributed by atoms with Crippen molar-refractivity contribution >= 4 is 50.9 Å². The monoisotopic (exact) mass is 546 g/mol. The molecule has 35 heavy (non-hydrogen) atoms. The van der Waals surface area contributed by atoms with Crippen molar-refractivity contribution in [2.45, 2.75) is 32.9 Å². The van der Waals surface area contributed by atoms with Gasteiger partial charge in [-0.25, -0.2) is 8.70 Å². The number of halogens is 3. The fraction of sp³-hybridized carbons (Fsp3) is 0.391. The van der Waals surface area contributed by atoms with Crippen LogP contribution in [0.15, 0.2) is 42.5 Å². The van der Waals surface area contributed by atoms with E-state index in [0.29, 0.717) is 21.4 Å². The lowest BCUT2D eigenvalue weighted by atomic mass is 10.1. The first-order valence-corrected chi connectivity index (χ1v) is 13.0. The molecule has 2 aromatic rings. The highest BCUT2D eigenvalue weighted by Gasteiger charge is 2.34. The Morgan fingerprint density at radius 1 is 1.06 bits per heavy atom. The maximum absolute atomic E-state index is 14.6. The van der Waals surface area contributed by atoms with Gasteiger partial charge >= 0.3 is 10.2 Å². The van der Waals surface area contributed by atoms with Gasteiger partial charge in [0.2, 0.25) is 11.8 Å². The molecule has 1 atom stereocenters. The maximum Gasteiger partial charge on any atom is 0.304 e. The van der Waals surface area contributed by atoms with E-state index in [9.17, 15) is 22.4 Å². The van der Waals surface area contributed by atoms with Crippen LogP contribution in [-0.2, 0) is 26.3 Å². The third kappa shape index (κ3) is 7.07. The Bertz CT molecular complexity index is 1160. The highest BCUT2D eigenvalue weighted by Crippen LogP contribution is 2.26. The number of para-hydroxylation sites is 1. The van der Waals surface area contributed by atoms with Gasteiger partial charge in [0.15, 0.2) is 0 Å². The van der Waals surface area contributed by atoms with Crippen LogP contribution in [0.4, 0.5) is 10.1 Å². The summed E-state index contributed by atoms with van der Waals surface area (Å²) >= 11 is 12.1. The lowest BCUT2D eigenvalue weighted by Gasteiger charge is -2.34. The van der Waals surface area contributed by atoms with Crippen LogP contribution in [0.1, 0.15) is 25.8 Å². The molecule has 0 aliphatic carbocycles. The Balaban J connectivity index is 2.53. The molecule has 0 radical (unpaired) electrons. The number of carbonyl (C=O) groups is 2. The minimum Gasteiger partial charge on any atom is -0.355 e. The molecule has 0 fully saturated rings. The smallest absolute Gasteiger partial charge is 0.304 e. The number of carbonyl (C=O) groups excluding carboxylic acids is 2. The molecule has 2 amide bonds. The van der Waals surface area contributed by atoms with E-state index in [1.807, 2.05) is 0 Å². The van der Waals surface area contributed by atoms with Crippen molar-refractivity contribution in [1.82, 2.24) is 14.5 Å². The first kappa shape index (κ1) is 28.8. The van der Waals surface area contributed by atoms with Crippen molar-refractivity contribution in [2.75, 3.05) is 31.5 Å². The molecular weight excluding hydrogens is 518 g/mol. The lowest BCUT2D eigenvalue weighted by molar-refractivity contribution is -0.140. The van der Waals surface area contributed by atoms with Crippen LogP contribution < -0.4 is 9.62 Å². The summed E-state index contributed by atoms with van der Waals surface area (Å²) in [5.41, 5.74) is 0.304. The quantitative estimate of drug-likeness (QED) is 0.465. The molecule has 8 nitrogen and oxygen atoms in total. The number of hydrogen-bond acceptors (Lipinski definition) is 4. The highest BCUT2D eigenvalue weighted by molar-refractivity contribution is 7.90. The van der Waals surface area contributed by atoms with Crippen LogP contribution >= 0.6 is 23.2 Å². The number of nitrogens with zero attached hydrogens (tertiary/aromatic N) is 3. The number of hydrogen-bond donors (Lipinski definition) is 1. The average Bonchev–Trinajstić information content (AvgIpc) is 2.80. The fourth-order valence-electron chi connectivity index (χ4n) is 3.40. The molecule has 0 spiro atoms. The van der Waals surface area contributed by atoms with E-state index in [1.54, 1.807) is 32.0 Å². The van der Waals surface area contributed by atoms with Gasteiger partial charge < -0.3 is 10.2 Å². The normalized spacial score (nSPS) is 12.3. The zero-order valence-electron chi connectivity index (χ0n) is 20.0. The number of amides is 2. The number of benzene rings is 2. The highest BCUT2D eigenvalue weighted by atomic mass is 35.5. The molecule has 2 aromatic carbocycles. The molecule has 0 bridgehead atoms. The summed E-state index contributed by atoms with van der Waals surface area (Å²) in [4.78, 5) is 27.7. The molecule has 192 valence electrons. The van der Waals surface area contributed by atoms with Crippen molar-refractivity contribution in [3.63, 3.8) is 0 Å². The standard InChI is InChI=1S/C23H29Cl2FN4O4S/c1-5-20(23(32)27-6-2)29(14-16-11-12-17(24)18(25)13-16)22(31)15-30(35(33,34)28(3)4)21-10-8-7-9-19(21)26/h7-13,20H,5-6,14-15H2,1-4H3,(H,27,32). The summed E-state index contributed by atoms with van der Waals surface area (Å²) in [7, 11) is -1.69. The minimum atomic E-state index is -4.25. The maximum atomic E-state index is 14.6. The zero-order chi connectivity index (χ0) is 26.3. The molecule has 0 heterocycles. The molecule has 1 unspecified atom stereocenters. The Morgan fingerprint density at radius 2 is 1.71 bits per heavy atom. The molecule has 12 heteroatoms. The van der Waals surface area contributed by atoms with E-state index >= 15 is 0 Å². The van der Waals surface area contributed by atoms with Gasteiger partial charge in [0.25, 0.3) is 0 Å². The van der Waals surface area contributed by atoms with Gasteiger partial charge in [-0.05, 0) is 43.2 Å². The Kier molecular flexibility index (Phi) is 10.3. The van der Waals surface area contributed by atoms with Crippen molar-refractivity contribution in [2.24, 2.45) is 0 Å². The van der Waals surface area contributed by atoms with Crippen LogP contribution in [-0.4, -0.2) is 62.7 Å². The largest absolute Gasteiger partial charge is 0.355 e. The Morgan fingerprint density at radius 3 is 2.26 bits per heavy atom. The number of nitrogens with one attached hydrogen (secondary N) is 1. The summed E-state index contributed by atoms with van der Waals surface area (Å²) in [6, 6.07) is 9.16. The second kappa shape index (κ2) is 12.5. The van der Waals surface area contributed by atoms with Crippen LogP contribution in [0.3, 0.4) is 0 Å². The molecule has 2 rings (SSSR count). The number of anilines is 1.